The number of hydrogen-bond acceptors (Lipinski definition) is 3. The van der Waals surface area contributed by atoms with Crippen LogP contribution in [0.15, 0.2) is 66.7 Å². The fraction of sp³-hybridized carbons (Fsp3) is 0.150. The molecule has 0 unspecified atom stereocenters. The third-order valence-corrected chi connectivity index (χ3v) is 3.68. The predicted molar refractivity (Wildman–Crippen MR) is 103 cm³/mol. The minimum absolute atomic E-state index is 0.343. The van der Waals surface area contributed by atoms with Gasteiger partial charge in [-0.1, -0.05) is 48.0 Å². The summed E-state index contributed by atoms with van der Waals surface area (Å²) in [6.45, 7) is 4.24. The van der Waals surface area contributed by atoms with Gasteiger partial charge in [-0.3, -0.25) is 0 Å². The van der Waals surface area contributed by atoms with Gasteiger partial charge in [0.25, 0.3) is 0 Å². The average Bonchev–Trinajstić information content (AvgIpc) is 2.55. The lowest BCUT2D eigenvalue weighted by Gasteiger charge is -2.14. The number of anilines is 3. The van der Waals surface area contributed by atoms with Crippen LogP contribution >= 0.6 is 11.6 Å². The van der Waals surface area contributed by atoms with Crippen LogP contribution in [0.5, 0.6) is 0 Å². The van der Waals surface area contributed by atoms with E-state index in [1.165, 1.54) is 0 Å². The molecule has 24 heavy (non-hydrogen) atoms. The van der Waals surface area contributed by atoms with Crippen molar-refractivity contribution in [2.45, 2.75) is 19.9 Å². The van der Waals surface area contributed by atoms with Crippen LogP contribution in [-0.4, -0.2) is 11.0 Å². The Morgan fingerprint density at radius 3 is 2.38 bits per heavy atom. The summed E-state index contributed by atoms with van der Waals surface area (Å²) >= 11 is 6.07. The van der Waals surface area contributed by atoms with Crippen LogP contribution in [0.3, 0.4) is 0 Å². The Balaban J connectivity index is 1.98. The number of hydrogen-bond donors (Lipinski definition) is 2. The molecule has 0 fully saturated rings. The molecule has 122 valence electrons. The molecule has 3 rings (SSSR count). The lowest BCUT2D eigenvalue weighted by molar-refractivity contribution is 0.899. The van der Waals surface area contributed by atoms with Gasteiger partial charge in [0, 0.05) is 34.1 Å². The van der Waals surface area contributed by atoms with E-state index in [4.69, 9.17) is 16.6 Å². The highest BCUT2D eigenvalue weighted by molar-refractivity contribution is 6.30. The molecule has 0 spiro atoms. The first kappa shape index (κ1) is 16.3. The summed E-state index contributed by atoms with van der Waals surface area (Å²) in [5, 5.41) is 7.47. The van der Waals surface area contributed by atoms with Crippen molar-refractivity contribution in [3.8, 4) is 11.3 Å². The van der Waals surface area contributed by atoms with Crippen LogP contribution in [0.2, 0.25) is 5.02 Å². The topological polar surface area (TPSA) is 37.0 Å². The van der Waals surface area contributed by atoms with Crippen LogP contribution in [-0.2, 0) is 0 Å². The highest BCUT2D eigenvalue weighted by Crippen LogP contribution is 2.26. The molecule has 3 aromatic rings. The molecule has 3 nitrogen and oxygen atoms in total. The van der Waals surface area contributed by atoms with Crippen LogP contribution in [0.25, 0.3) is 11.3 Å². The summed E-state index contributed by atoms with van der Waals surface area (Å²) in [5.41, 5.74) is 3.95. The van der Waals surface area contributed by atoms with Gasteiger partial charge in [-0.25, -0.2) is 4.98 Å². The molecule has 0 aliphatic carbocycles. The molecule has 0 radical (unpaired) electrons. The fourth-order valence-corrected chi connectivity index (χ4v) is 2.67. The molecule has 0 saturated heterocycles. The monoisotopic (exact) mass is 337 g/mol. The Bertz CT molecular complexity index is 816. The minimum atomic E-state index is 0.343. The first-order chi connectivity index (χ1) is 11.6. The standard InChI is InChI=1S/C20H20ClN3/c1-14(2)22-18-12-19(15-7-4-3-5-8-15)24-20(13-18)23-17-10-6-9-16(21)11-17/h3-14H,1-2H3,(H2,22,23,24). The molecule has 0 atom stereocenters. The van der Waals surface area contributed by atoms with Crippen molar-refractivity contribution < 1.29 is 0 Å². The summed E-state index contributed by atoms with van der Waals surface area (Å²) in [4.78, 5) is 4.74. The van der Waals surface area contributed by atoms with E-state index in [-0.39, 0.29) is 0 Å². The Morgan fingerprint density at radius 2 is 1.67 bits per heavy atom. The second-order valence-electron chi connectivity index (χ2n) is 5.93. The number of halogens is 1. The van der Waals surface area contributed by atoms with Gasteiger partial charge in [-0.15, -0.1) is 0 Å². The third-order valence-electron chi connectivity index (χ3n) is 3.45. The van der Waals surface area contributed by atoms with Gasteiger partial charge in [0.05, 0.1) is 5.69 Å². The zero-order valence-corrected chi connectivity index (χ0v) is 14.5. The van der Waals surface area contributed by atoms with E-state index >= 15 is 0 Å². The van der Waals surface area contributed by atoms with Gasteiger partial charge < -0.3 is 10.6 Å². The highest BCUT2D eigenvalue weighted by atomic mass is 35.5. The maximum atomic E-state index is 6.07. The fourth-order valence-electron chi connectivity index (χ4n) is 2.48. The lowest BCUT2D eigenvalue weighted by atomic mass is 10.1. The van der Waals surface area contributed by atoms with Crippen LogP contribution in [0.4, 0.5) is 17.2 Å². The third kappa shape index (κ3) is 4.27. The first-order valence-electron chi connectivity index (χ1n) is 7.97. The van der Waals surface area contributed by atoms with E-state index < -0.39 is 0 Å². The smallest absolute Gasteiger partial charge is 0.133 e. The second-order valence-corrected chi connectivity index (χ2v) is 6.36. The van der Waals surface area contributed by atoms with Gasteiger partial charge in [0.2, 0.25) is 0 Å². The Morgan fingerprint density at radius 1 is 0.875 bits per heavy atom. The van der Waals surface area contributed by atoms with Gasteiger partial charge in [0.15, 0.2) is 0 Å². The number of rotatable bonds is 5. The van der Waals surface area contributed by atoms with Gasteiger partial charge in [-0.05, 0) is 38.1 Å². The van der Waals surface area contributed by atoms with Crippen molar-refractivity contribution in [3.63, 3.8) is 0 Å². The number of aromatic nitrogens is 1. The molecule has 2 N–H and O–H groups in total. The number of nitrogens with one attached hydrogen (secondary N) is 2. The molecule has 0 saturated carbocycles. The molecule has 1 heterocycles. The maximum absolute atomic E-state index is 6.07. The number of benzene rings is 2. The van der Waals surface area contributed by atoms with Crippen LogP contribution in [0.1, 0.15) is 13.8 Å². The van der Waals surface area contributed by atoms with Crippen molar-refractivity contribution in [2.75, 3.05) is 10.6 Å². The SMILES string of the molecule is CC(C)Nc1cc(Nc2cccc(Cl)c2)nc(-c2ccccc2)c1. The maximum Gasteiger partial charge on any atom is 0.133 e. The number of pyridine rings is 1. The van der Waals surface area contributed by atoms with Crippen molar-refractivity contribution in [1.82, 2.24) is 4.98 Å². The van der Waals surface area contributed by atoms with Gasteiger partial charge >= 0.3 is 0 Å². The van der Waals surface area contributed by atoms with E-state index in [0.717, 1.165) is 28.5 Å². The van der Waals surface area contributed by atoms with Crippen molar-refractivity contribution in [1.29, 1.82) is 0 Å². The summed E-state index contributed by atoms with van der Waals surface area (Å²) in [5.74, 6) is 0.779. The van der Waals surface area contributed by atoms with Gasteiger partial charge in [0.1, 0.15) is 5.82 Å². The molecule has 0 aliphatic heterocycles. The first-order valence-corrected chi connectivity index (χ1v) is 8.34. The summed E-state index contributed by atoms with van der Waals surface area (Å²) < 4.78 is 0. The van der Waals surface area contributed by atoms with Gasteiger partial charge in [-0.2, -0.15) is 0 Å². The van der Waals surface area contributed by atoms with E-state index in [1.807, 2.05) is 48.5 Å². The Labute approximate surface area is 147 Å². The van der Waals surface area contributed by atoms with E-state index in [1.54, 1.807) is 0 Å². The Hall–Kier alpha value is -2.52. The molecular weight excluding hydrogens is 318 g/mol. The molecule has 4 heteroatoms. The average molecular weight is 338 g/mol. The molecule has 2 aromatic carbocycles. The summed E-state index contributed by atoms with van der Waals surface area (Å²) in [7, 11) is 0. The molecular formula is C20H20ClN3. The molecule has 0 bridgehead atoms. The molecule has 0 amide bonds. The predicted octanol–water partition coefficient (Wildman–Crippen LogP) is 5.97. The summed E-state index contributed by atoms with van der Waals surface area (Å²) in [6, 6.07) is 22.2. The van der Waals surface area contributed by atoms with E-state index in [2.05, 4.69) is 42.7 Å². The summed E-state index contributed by atoms with van der Waals surface area (Å²) in [6.07, 6.45) is 0. The van der Waals surface area contributed by atoms with E-state index in [9.17, 15) is 0 Å². The highest BCUT2D eigenvalue weighted by Gasteiger charge is 2.07. The largest absolute Gasteiger partial charge is 0.383 e. The normalized spacial score (nSPS) is 10.7. The Kier molecular flexibility index (Phi) is 5.02. The van der Waals surface area contributed by atoms with Crippen molar-refractivity contribution in [3.05, 3.63) is 71.8 Å². The second kappa shape index (κ2) is 7.37. The zero-order valence-electron chi connectivity index (χ0n) is 13.8. The zero-order chi connectivity index (χ0) is 16.9. The molecule has 0 aliphatic rings. The van der Waals surface area contributed by atoms with E-state index in [0.29, 0.717) is 11.1 Å². The minimum Gasteiger partial charge on any atom is -0.383 e. The van der Waals surface area contributed by atoms with Crippen LogP contribution < -0.4 is 10.6 Å². The van der Waals surface area contributed by atoms with Crippen molar-refractivity contribution in [2.24, 2.45) is 0 Å². The quantitative estimate of drug-likeness (QED) is 0.602. The lowest BCUT2D eigenvalue weighted by Crippen LogP contribution is -2.10. The molecule has 1 aromatic heterocycles. The number of nitrogens with zero attached hydrogens (tertiary/aromatic N) is 1. The van der Waals surface area contributed by atoms with Crippen LogP contribution in [0, 0.1) is 0 Å². The van der Waals surface area contributed by atoms with Crippen molar-refractivity contribution >= 4 is 28.8 Å².